The number of hydrogen-bond donors (Lipinski definition) is 1. The smallest absolute Gasteiger partial charge is 0.262 e. The third-order valence-electron chi connectivity index (χ3n) is 3.65. The predicted octanol–water partition coefficient (Wildman–Crippen LogP) is 3.17. The highest BCUT2D eigenvalue weighted by Crippen LogP contribution is 2.14. The van der Waals surface area contributed by atoms with E-state index in [1.165, 1.54) is 6.08 Å². The Hall–Kier alpha value is -3.34. The molecule has 3 rings (SSSR count). The number of amides is 1. The van der Waals surface area contributed by atoms with Crippen LogP contribution in [-0.4, -0.2) is 15.7 Å². The van der Waals surface area contributed by atoms with Gasteiger partial charge < -0.3 is 0 Å². The van der Waals surface area contributed by atoms with Gasteiger partial charge in [-0.2, -0.15) is 5.10 Å². The SMILES string of the molecule is Cn1cc(C=CC(=O)NN(Cc2ccccc2)c2ccccc2)cn1. The molecule has 0 aliphatic heterocycles. The van der Waals surface area contributed by atoms with E-state index in [0.29, 0.717) is 6.54 Å². The van der Waals surface area contributed by atoms with Crippen molar-refractivity contribution in [2.24, 2.45) is 7.05 Å². The summed E-state index contributed by atoms with van der Waals surface area (Å²) in [6.07, 6.45) is 6.82. The minimum Gasteiger partial charge on any atom is -0.281 e. The molecule has 0 radical (unpaired) electrons. The Labute approximate surface area is 147 Å². The number of para-hydroxylation sites is 1. The van der Waals surface area contributed by atoms with E-state index in [9.17, 15) is 4.79 Å². The second-order valence-corrected chi connectivity index (χ2v) is 5.66. The van der Waals surface area contributed by atoms with E-state index in [-0.39, 0.29) is 5.91 Å². The van der Waals surface area contributed by atoms with Gasteiger partial charge in [0.15, 0.2) is 0 Å². The van der Waals surface area contributed by atoms with Crippen molar-refractivity contribution in [2.75, 3.05) is 5.01 Å². The zero-order valence-electron chi connectivity index (χ0n) is 14.0. The standard InChI is InChI=1S/C20H20N4O/c1-23-15-18(14-21-23)12-13-20(25)22-24(19-10-6-3-7-11-19)16-17-8-4-2-5-9-17/h2-15H,16H2,1H3,(H,22,25). The average molecular weight is 332 g/mol. The lowest BCUT2D eigenvalue weighted by Crippen LogP contribution is -2.41. The summed E-state index contributed by atoms with van der Waals surface area (Å²) in [4.78, 5) is 12.3. The van der Waals surface area contributed by atoms with E-state index in [1.807, 2.05) is 78.9 Å². The number of aryl methyl sites for hydroxylation is 1. The Morgan fingerprint density at radius 2 is 1.80 bits per heavy atom. The molecule has 3 aromatic rings. The van der Waals surface area contributed by atoms with Crippen LogP contribution in [-0.2, 0) is 18.4 Å². The van der Waals surface area contributed by atoms with Gasteiger partial charge in [-0.1, -0.05) is 48.5 Å². The van der Waals surface area contributed by atoms with Crippen LogP contribution in [0.3, 0.4) is 0 Å². The topological polar surface area (TPSA) is 50.2 Å². The van der Waals surface area contributed by atoms with E-state index in [4.69, 9.17) is 0 Å². The Balaban J connectivity index is 1.73. The van der Waals surface area contributed by atoms with Crippen molar-refractivity contribution >= 4 is 17.7 Å². The Morgan fingerprint density at radius 3 is 2.44 bits per heavy atom. The Morgan fingerprint density at radius 1 is 1.12 bits per heavy atom. The molecule has 5 nitrogen and oxygen atoms in total. The fraction of sp³-hybridized carbons (Fsp3) is 0.100. The maximum absolute atomic E-state index is 12.3. The number of benzene rings is 2. The summed E-state index contributed by atoms with van der Waals surface area (Å²) in [5, 5.41) is 5.92. The number of carbonyl (C=O) groups is 1. The quantitative estimate of drug-likeness (QED) is 0.557. The third kappa shape index (κ3) is 4.81. The van der Waals surface area contributed by atoms with Crippen molar-refractivity contribution in [2.45, 2.75) is 6.54 Å². The van der Waals surface area contributed by atoms with Crippen LogP contribution in [0.25, 0.3) is 6.08 Å². The lowest BCUT2D eigenvalue weighted by atomic mass is 10.2. The number of hydrazine groups is 1. The van der Waals surface area contributed by atoms with Crippen LogP contribution in [0.4, 0.5) is 5.69 Å². The van der Waals surface area contributed by atoms with Gasteiger partial charge in [-0.25, -0.2) is 0 Å². The first-order valence-electron chi connectivity index (χ1n) is 8.04. The van der Waals surface area contributed by atoms with E-state index < -0.39 is 0 Å². The average Bonchev–Trinajstić information content (AvgIpc) is 3.06. The van der Waals surface area contributed by atoms with Crippen LogP contribution in [0.5, 0.6) is 0 Å². The van der Waals surface area contributed by atoms with E-state index >= 15 is 0 Å². The second-order valence-electron chi connectivity index (χ2n) is 5.66. The first kappa shape index (κ1) is 16.5. The van der Waals surface area contributed by atoms with Crippen molar-refractivity contribution in [1.82, 2.24) is 15.2 Å². The van der Waals surface area contributed by atoms with Gasteiger partial charge >= 0.3 is 0 Å². The van der Waals surface area contributed by atoms with Gasteiger partial charge in [0.25, 0.3) is 5.91 Å². The molecule has 0 atom stereocenters. The molecular formula is C20H20N4O. The summed E-state index contributed by atoms with van der Waals surface area (Å²) < 4.78 is 1.70. The van der Waals surface area contributed by atoms with Gasteiger partial charge in [0.05, 0.1) is 18.4 Å². The summed E-state index contributed by atoms with van der Waals surface area (Å²) in [6.45, 7) is 0.581. The molecule has 0 saturated heterocycles. The predicted molar refractivity (Wildman–Crippen MR) is 99.5 cm³/mol. The molecule has 0 unspecified atom stereocenters. The Kier molecular flexibility index (Phi) is 5.26. The summed E-state index contributed by atoms with van der Waals surface area (Å²) in [5.74, 6) is -0.191. The third-order valence-corrected chi connectivity index (χ3v) is 3.65. The highest BCUT2D eigenvalue weighted by molar-refractivity contribution is 5.92. The van der Waals surface area contributed by atoms with Gasteiger partial charge in [-0.15, -0.1) is 0 Å². The monoisotopic (exact) mass is 332 g/mol. The van der Waals surface area contributed by atoms with Crippen LogP contribution in [0.1, 0.15) is 11.1 Å². The van der Waals surface area contributed by atoms with Gasteiger partial charge in [0.2, 0.25) is 0 Å². The maximum Gasteiger partial charge on any atom is 0.262 e. The zero-order chi connectivity index (χ0) is 17.5. The lowest BCUT2D eigenvalue weighted by molar-refractivity contribution is -0.116. The van der Waals surface area contributed by atoms with Gasteiger partial charge in [-0.05, 0) is 23.8 Å². The van der Waals surface area contributed by atoms with E-state index in [1.54, 1.807) is 17.0 Å². The van der Waals surface area contributed by atoms with Gasteiger partial charge in [0.1, 0.15) is 0 Å². The molecule has 1 heterocycles. The summed E-state index contributed by atoms with van der Waals surface area (Å²) in [7, 11) is 1.84. The van der Waals surface area contributed by atoms with Gasteiger partial charge in [-0.3, -0.25) is 19.9 Å². The number of aromatic nitrogens is 2. The number of nitrogens with one attached hydrogen (secondary N) is 1. The van der Waals surface area contributed by atoms with Crippen LogP contribution >= 0.6 is 0 Å². The molecule has 1 aromatic heterocycles. The van der Waals surface area contributed by atoms with Crippen molar-refractivity contribution in [3.8, 4) is 0 Å². The van der Waals surface area contributed by atoms with Crippen LogP contribution in [0.2, 0.25) is 0 Å². The van der Waals surface area contributed by atoms with Crippen molar-refractivity contribution in [3.63, 3.8) is 0 Å². The summed E-state index contributed by atoms with van der Waals surface area (Å²) in [6, 6.07) is 19.8. The molecule has 0 saturated carbocycles. The van der Waals surface area contributed by atoms with Crippen LogP contribution in [0.15, 0.2) is 79.1 Å². The first-order valence-corrected chi connectivity index (χ1v) is 8.04. The second kappa shape index (κ2) is 7.97. The molecule has 5 heteroatoms. The molecule has 0 aliphatic rings. The Bertz CT molecular complexity index is 840. The van der Waals surface area contributed by atoms with Crippen LogP contribution in [0, 0.1) is 0 Å². The lowest BCUT2D eigenvalue weighted by Gasteiger charge is -2.25. The first-order chi connectivity index (χ1) is 12.2. The molecular weight excluding hydrogens is 312 g/mol. The molecule has 2 aromatic carbocycles. The number of anilines is 1. The van der Waals surface area contributed by atoms with Gasteiger partial charge in [0, 0.05) is 24.9 Å². The molecule has 1 N–H and O–H groups in total. The molecule has 126 valence electrons. The molecule has 0 spiro atoms. The van der Waals surface area contributed by atoms with Crippen molar-refractivity contribution in [1.29, 1.82) is 0 Å². The highest BCUT2D eigenvalue weighted by atomic mass is 16.2. The van der Waals surface area contributed by atoms with Crippen LogP contribution < -0.4 is 10.4 Å². The fourth-order valence-electron chi connectivity index (χ4n) is 2.44. The largest absolute Gasteiger partial charge is 0.281 e. The zero-order valence-corrected chi connectivity index (χ0v) is 14.0. The number of nitrogens with zero attached hydrogens (tertiary/aromatic N) is 3. The molecule has 25 heavy (non-hydrogen) atoms. The number of hydrogen-bond acceptors (Lipinski definition) is 3. The summed E-state index contributed by atoms with van der Waals surface area (Å²) in [5.41, 5.74) is 5.86. The molecule has 0 fully saturated rings. The molecule has 0 aliphatic carbocycles. The number of carbonyl (C=O) groups excluding carboxylic acids is 1. The highest BCUT2D eigenvalue weighted by Gasteiger charge is 2.09. The molecule has 1 amide bonds. The fourth-order valence-corrected chi connectivity index (χ4v) is 2.44. The minimum atomic E-state index is -0.191. The van der Waals surface area contributed by atoms with Crippen molar-refractivity contribution < 1.29 is 4.79 Å². The maximum atomic E-state index is 12.3. The normalized spacial score (nSPS) is 10.8. The number of rotatable bonds is 6. The molecule has 0 bridgehead atoms. The van der Waals surface area contributed by atoms with E-state index in [0.717, 1.165) is 16.8 Å². The minimum absolute atomic E-state index is 0.191. The van der Waals surface area contributed by atoms with E-state index in [2.05, 4.69) is 10.5 Å². The van der Waals surface area contributed by atoms with Crippen molar-refractivity contribution in [3.05, 3.63) is 90.3 Å². The summed E-state index contributed by atoms with van der Waals surface area (Å²) >= 11 is 0.